The van der Waals surface area contributed by atoms with Gasteiger partial charge in [-0.3, -0.25) is 9.48 Å². The molecule has 2 aromatic heterocycles. The minimum Gasteiger partial charge on any atom is -0.475 e. The van der Waals surface area contributed by atoms with E-state index < -0.39 is 12.1 Å². The number of rotatable bonds is 7. The van der Waals surface area contributed by atoms with E-state index >= 15 is 0 Å². The summed E-state index contributed by atoms with van der Waals surface area (Å²) in [5.74, 6) is -1.74. The maximum Gasteiger partial charge on any atom is 0.490 e. The molecular weight excluding hydrogens is 403 g/mol. The molecule has 0 spiro atoms. The fourth-order valence-electron chi connectivity index (χ4n) is 2.62. The smallest absolute Gasteiger partial charge is 0.475 e. The van der Waals surface area contributed by atoms with Gasteiger partial charge < -0.3 is 15.0 Å². The lowest BCUT2D eigenvalue weighted by Gasteiger charge is -2.20. The molecule has 30 heavy (non-hydrogen) atoms. The third kappa shape index (κ3) is 6.90. The molecule has 11 heteroatoms. The molecule has 1 aromatic carbocycles. The number of para-hydroxylation sites is 2. The van der Waals surface area contributed by atoms with E-state index in [0.29, 0.717) is 25.9 Å². The number of hydrogen-bond acceptors (Lipinski definition) is 4. The number of carboxylic acid groups (broad SMARTS) is 1. The van der Waals surface area contributed by atoms with E-state index in [2.05, 4.69) is 15.1 Å². The fraction of sp³-hybridized carbons (Fsp3) is 0.368. The predicted octanol–water partition coefficient (Wildman–Crippen LogP) is 2.87. The lowest BCUT2D eigenvalue weighted by Crippen LogP contribution is -2.34. The Balaban J connectivity index is 0.000000396. The van der Waals surface area contributed by atoms with Crippen molar-refractivity contribution in [3.8, 4) is 0 Å². The van der Waals surface area contributed by atoms with Crippen molar-refractivity contribution in [2.75, 3.05) is 13.1 Å². The van der Waals surface area contributed by atoms with E-state index in [0.717, 1.165) is 23.4 Å². The van der Waals surface area contributed by atoms with Crippen LogP contribution in [0.2, 0.25) is 0 Å². The van der Waals surface area contributed by atoms with E-state index in [1.807, 2.05) is 53.0 Å². The zero-order valence-corrected chi connectivity index (χ0v) is 16.3. The minimum absolute atomic E-state index is 0.153. The molecule has 0 fully saturated rings. The Kier molecular flexibility index (Phi) is 7.96. The molecular formula is C19H22F3N5O3. The first kappa shape index (κ1) is 22.9. The summed E-state index contributed by atoms with van der Waals surface area (Å²) in [6.45, 7) is 4.11. The minimum atomic E-state index is -5.08. The van der Waals surface area contributed by atoms with Crippen LogP contribution in [0.1, 0.15) is 19.2 Å². The summed E-state index contributed by atoms with van der Waals surface area (Å²) in [4.78, 5) is 30.9. The van der Waals surface area contributed by atoms with Crippen molar-refractivity contribution >= 4 is 22.9 Å². The van der Waals surface area contributed by atoms with Gasteiger partial charge in [0.2, 0.25) is 5.91 Å². The second kappa shape index (κ2) is 10.4. The topological polar surface area (TPSA) is 104 Å². The summed E-state index contributed by atoms with van der Waals surface area (Å²) in [5, 5.41) is 11.3. The number of carbonyl (C=O) groups is 2. The quantitative estimate of drug-likeness (QED) is 0.606. The molecule has 0 unspecified atom stereocenters. The van der Waals surface area contributed by atoms with Crippen molar-refractivity contribution < 1.29 is 27.9 Å². The molecule has 0 aliphatic rings. The van der Waals surface area contributed by atoms with Gasteiger partial charge in [0.15, 0.2) is 0 Å². The highest BCUT2D eigenvalue weighted by atomic mass is 19.4. The standard InChI is InChI=1S/C17H21N5O.C2HF3O2/c1-2-21(12-13-22-11-5-10-18-22)17(23)9-8-16-19-14-6-3-4-7-15(14)20-16;3-2(4,5)1(6)7/h3-7,10-11H,2,8-9,12-13H2,1H3,(H,19,20);(H,6,7). The predicted molar refractivity (Wildman–Crippen MR) is 103 cm³/mol. The van der Waals surface area contributed by atoms with Gasteiger partial charge in [-0.05, 0) is 25.1 Å². The summed E-state index contributed by atoms with van der Waals surface area (Å²) >= 11 is 0. The van der Waals surface area contributed by atoms with Crippen LogP contribution in [0.25, 0.3) is 11.0 Å². The zero-order valence-electron chi connectivity index (χ0n) is 16.3. The number of aryl methyl sites for hydroxylation is 1. The Morgan fingerprint density at radius 3 is 2.50 bits per heavy atom. The van der Waals surface area contributed by atoms with Gasteiger partial charge in [0.1, 0.15) is 5.82 Å². The number of likely N-dealkylation sites (N-methyl/N-ethyl adjacent to an activating group) is 1. The van der Waals surface area contributed by atoms with Gasteiger partial charge in [0.25, 0.3) is 0 Å². The highest BCUT2D eigenvalue weighted by Gasteiger charge is 2.38. The Morgan fingerprint density at radius 1 is 1.23 bits per heavy atom. The number of H-pyrrole nitrogens is 1. The molecule has 2 heterocycles. The van der Waals surface area contributed by atoms with Gasteiger partial charge >= 0.3 is 12.1 Å². The third-order valence-corrected chi connectivity index (χ3v) is 4.15. The molecule has 1 amide bonds. The number of amides is 1. The first-order valence-electron chi connectivity index (χ1n) is 9.19. The second-order valence-corrected chi connectivity index (χ2v) is 6.25. The SMILES string of the molecule is CCN(CCn1cccn1)C(=O)CCc1nc2ccccc2[nH]1.O=C(O)C(F)(F)F. The van der Waals surface area contributed by atoms with Crippen molar-refractivity contribution in [3.05, 3.63) is 48.5 Å². The summed E-state index contributed by atoms with van der Waals surface area (Å²) in [6, 6.07) is 9.80. The van der Waals surface area contributed by atoms with Crippen LogP contribution in [0, 0.1) is 0 Å². The van der Waals surface area contributed by atoms with Crippen molar-refractivity contribution in [1.82, 2.24) is 24.6 Å². The number of alkyl halides is 3. The number of halogens is 3. The first-order chi connectivity index (χ1) is 14.2. The summed E-state index contributed by atoms with van der Waals surface area (Å²) in [7, 11) is 0. The number of benzene rings is 1. The van der Waals surface area contributed by atoms with Gasteiger partial charge in [0, 0.05) is 38.3 Å². The molecule has 0 aliphatic heterocycles. The van der Waals surface area contributed by atoms with Gasteiger partial charge in [-0.2, -0.15) is 18.3 Å². The number of hydrogen-bond donors (Lipinski definition) is 2. The third-order valence-electron chi connectivity index (χ3n) is 4.15. The number of fused-ring (bicyclic) bond motifs is 1. The van der Waals surface area contributed by atoms with E-state index in [9.17, 15) is 18.0 Å². The normalized spacial score (nSPS) is 11.1. The van der Waals surface area contributed by atoms with Crippen LogP contribution in [0.5, 0.6) is 0 Å². The lowest BCUT2D eigenvalue weighted by molar-refractivity contribution is -0.192. The maximum atomic E-state index is 12.4. The van der Waals surface area contributed by atoms with Crippen LogP contribution >= 0.6 is 0 Å². The lowest BCUT2D eigenvalue weighted by atomic mass is 10.2. The molecule has 0 saturated heterocycles. The van der Waals surface area contributed by atoms with Gasteiger partial charge in [-0.1, -0.05) is 12.1 Å². The van der Waals surface area contributed by atoms with E-state index in [4.69, 9.17) is 9.90 Å². The van der Waals surface area contributed by atoms with Crippen LogP contribution in [0.4, 0.5) is 13.2 Å². The molecule has 0 aliphatic carbocycles. The van der Waals surface area contributed by atoms with Crippen molar-refractivity contribution in [3.63, 3.8) is 0 Å². The highest BCUT2D eigenvalue weighted by molar-refractivity contribution is 5.77. The monoisotopic (exact) mass is 425 g/mol. The zero-order chi connectivity index (χ0) is 22.1. The van der Waals surface area contributed by atoms with E-state index in [1.165, 1.54) is 0 Å². The van der Waals surface area contributed by atoms with Crippen LogP contribution in [-0.4, -0.2) is 60.9 Å². The van der Waals surface area contributed by atoms with Gasteiger partial charge in [0.05, 0.1) is 17.6 Å². The molecule has 3 aromatic rings. The molecule has 162 valence electrons. The number of aromatic nitrogens is 4. The fourth-order valence-corrected chi connectivity index (χ4v) is 2.62. The number of aliphatic carboxylic acids is 1. The van der Waals surface area contributed by atoms with Gasteiger partial charge in [-0.25, -0.2) is 9.78 Å². The maximum absolute atomic E-state index is 12.4. The van der Waals surface area contributed by atoms with Gasteiger partial charge in [-0.15, -0.1) is 0 Å². The van der Waals surface area contributed by atoms with Crippen LogP contribution in [0.15, 0.2) is 42.7 Å². The number of aromatic amines is 1. The molecule has 2 N–H and O–H groups in total. The number of carbonyl (C=O) groups excluding carboxylic acids is 1. The number of imidazole rings is 1. The van der Waals surface area contributed by atoms with E-state index in [-0.39, 0.29) is 5.91 Å². The number of carboxylic acids is 1. The Bertz CT molecular complexity index is 921. The second-order valence-electron chi connectivity index (χ2n) is 6.25. The number of nitrogens with one attached hydrogen (secondary N) is 1. The van der Waals surface area contributed by atoms with E-state index in [1.54, 1.807) is 6.20 Å². The van der Waals surface area contributed by atoms with Crippen molar-refractivity contribution in [1.29, 1.82) is 0 Å². The molecule has 0 atom stereocenters. The highest BCUT2D eigenvalue weighted by Crippen LogP contribution is 2.13. The molecule has 0 radical (unpaired) electrons. The van der Waals surface area contributed by atoms with Crippen LogP contribution in [0.3, 0.4) is 0 Å². The summed E-state index contributed by atoms with van der Waals surface area (Å²) in [6.07, 6.45) is -0.328. The summed E-state index contributed by atoms with van der Waals surface area (Å²) < 4.78 is 33.6. The van der Waals surface area contributed by atoms with Crippen molar-refractivity contribution in [2.24, 2.45) is 0 Å². The molecule has 8 nitrogen and oxygen atoms in total. The first-order valence-corrected chi connectivity index (χ1v) is 9.19. The van der Waals surface area contributed by atoms with Crippen LogP contribution < -0.4 is 0 Å². The summed E-state index contributed by atoms with van der Waals surface area (Å²) in [5.41, 5.74) is 1.96. The Hall–Kier alpha value is -3.37. The molecule has 0 bridgehead atoms. The molecule has 3 rings (SSSR count). The Labute approximate surface area is 170 Å². The van der Waals surface area contributed by atoms with Crippen molar-refractivity contribution in [2.45, 2.75) is 32.5 Å². The number of nitrogens with zero attached hydrogens (tertiary/aromatic N) is 4. The molecule has 0 saturated carbocycles. The average Bonchev–Trinajstić information content (AvgIpc) is 3.35. The Morgan fingerprint density at radius 2 is 1.93 bits per heavy atom. The average molecular weight is 425 g/mol. The van der Waals surface area contributed by atoms with Crippen LogP contribution in [-0.2, 0) is 22.6 Å². The largest absolute Gasteiger partial charge is 0.490 e.